The highest BCUT2D eigenvalue weighted by molar-refractivity contribution is 5.14. The molecule has 2 N–H and O–H groups in total. The first kappa shape index (κ1) is 14.2. The number of ether oxygens (including phenoxy) is 2. The molecule has 0 fully saturated rings. The number of hydrogen-bond acceptors (Lipinski definition) is 3. The van der Waals surface area contributed by atoms with E-state index in [4.69, 9.17) is 15.2 Å². The molecule has 1 unspecified atom stereocenters. The van der Waals surface area contributed by atoms with Crippen molar-refractivity contribution in [3.8, 4) is 0 Å². The van der Waals surface area contributed by atoms with E-state index in [1.165, 1.54) is 5.56 Å². The maximum Gasteiger partial charge on any atom is 0.0701 e. The van der Waals surface area contributed by atoms with Gasteiger partial charge in [0.1, 0.15) is 0 Å². The summed E-state index contributed by atoms with van der Waals surface area (Å²) in [4.78, 5) is 0. The molecular formula is C14H23NO2. The Hall–Kier alpha value is -0.900. The maximum atomic E-state index is 5.95. The highest BCUT2D eigenvalue weighted by Gasteiger charge is 2.02. The van der Waals surface area contributed by atoms with Crippen LogP contribution in [0.5, 0.6) is 0 Å². The summed E-state index contributed by atoms with van der Waals surface area (Å²) in [6.45, 7) is 1.89. The Morgan fingerprint density at radius 1 is 1.18 bits per heavy atom. The Bertz CT molecular complexity index is 277. The van der Waals surface area contributed by atoms with Gasteiger partial charge in [-0.1, -0.05) is 30.3 Å². The Kier molecular flexibility index (Phi) is 7.63. The summed E-state index contributed by atoms with van der Waals surface area (Å²) in [7, 11) is 1.67. The van der Waals surface area contributed by atoms with Gasteiger partial charge in [0.25, 0.3) is 0 Å². The van der Waals surface area contributed by atoms with Crippen LogP contribution in [-0.4, -0.2) is 33.0 Å². The standard InChI is InChI=1S/C14H23NO2/c1-16-10-11-17-12-14(15)9-5-8-13-6-3-2-4-7-13/h2-4,6-7,14H,5,8-12,15H2,1H3. The first-order valence-corrected chi connectivity index (χ1v) is 6.19. The van der Waals surface area contributed by atoms with E-state index in [0.717, 1.165) is 19.3 Å². The van der Waals surface area contributed by atoms with Crippen LogP contribution in [0.4, 0.5) is 0 Å². The van der Waals surface area contributed by atoms with Crippen LogP contribution in [0, 0.1) is 0 Å². The molecule has 0 bridgehead atoms. The summed E-state index contributed by atoms with van der Waals surface area (Å²) in [5.41, 5.74) is 7.33. The van der Waals surface area contributed by atoms with E-state index >= 15 is 0 Å². The molecule has 0 aliphatic carbocycles. The second kappa shape index (κ2) is 9.16. The van der Waals surface area contributed by atoms with Crippen LogP contribution in [0.1, 0.15) is 18.4 Å². The van der Waals surface area contributed by atoms with E-state index in [-0.39, 0.29) is 6.04 Å². The second-order valence-corrected chi connectivity index (χ2v) is 4.21. The number of aryl methyl sites for hydroxylation is 1. The quantitative estimate of drug-likeness (QED) is 0.668. The number of methoxy groups -OCH3 is 1. The molecule has 1 aromatic rings. The summed E-state index contributed by atoms with van der Waals surface area (Å²) < 4.78 is 10.3. The van der Waals surface area contributed by atoms with Crippen molar-refractivity contribution in [1.29, 1.82) is 0 Å². The average molecular weight is 237 g/mol. The second-order valence-electron chi connectivity index (χ2n) is 4.21. The normalized spacial score (nSPS) is 12.6. The smallest absolute Gasteiger partial charge is 0.0701 e. The minimum Gasteiger partial charge on any atom is -0.382 e. The van der Waals surface area contributed by atoms with Crippen molar-refractivity contribution in [2.75, 3.05) is 26.9 Å². The monoisotopic (exact) mass is 237 g/mol. The Morgan fingerprint density at radius 3 is 2.65 bits per heavy atom. The van der Waals surface area contributed by atoms with Crippen molar-refractivity contribution >= 4 is 0 Å². The summed E-state index contributed by atoms with van der Waals surface area (Å²) in [6.07, 6.45) is 3.20. The molecule has 1 atom stereocenters. The molecule has 3 nitrogen and oxygen atoms in total. The van der Waals surface area contributed by atoms with Gasteiger partial charge in [-0.15, -0.1) is 0 Å². The first-order chi connectivity index (χ1) is 8.33. The Morgan fingerprint density at radius 2 is 1.94 bits per heavy atom. The highest BCUT2D eigenvalue weighted by Crippen LogP contribution is 2.05. The van der Waals surface area contributed by atoms with Gasteiger partial charge in [0.2, 0.25) is 0 Å². The maximum absolute atomic E-state index is 5.95. The van der Waals surface area contributed by atoms with E-state index in [1.54, 1.807) is 7.11 Å². The van der Waals surface area contributed by atoms with Crippen molar-refractivity contribution in [3.63, 3.8) is 0 Å². The molecule has 0 heterocycles. The van der Waals surface area contributed by atoms with Crippen molar-refractivity contribution < 1.29 is 9.47 Å². The van der Waals surface area contributed by atoms with Gasteiger partial charge < -0.3 is 15.2 Å². The molecular weight excluding hydrogens is 214 g/mol. The summed E-state index contributed by atoms with van der Waals surface area (Å²) >= 11 is 0. The zero-order chi connectivity index (χ0) is 12.3. The fraction of sp³-hybridized carbons (Fsp3) is 0.571. The predicted molar refractivity (Wildman–Crippen MR) is 70.1 cm³/mol. The topological polar surface area (TPSA) is 44.5 Å². The lowest BCUT2D eigenvalue weighted by atomic mass is 10.1. The Balaban J connectivity index is 2.02. The van der Waals surface area contributed by atoms with Gasteiger partial charge in [-0.3, -0.25) is 0 Å². The lowest BCUT2D eigenvalue weighted by Crippen LogP contribution is -2.27. The van der Waals surface area contributed by atoms with Crippen molar-refractivity contribution in [1.82, 2.24) is 0 Å². The van der Waals surface area contributed by atoms with Gasteiger partial charge in [-0.2, -0.15) is 0 Å². The molecule has 0 aliphatic rings. The average Bonchev–Trinajstić information content (AvgIpc) is 2.36. The molecule has 0 aliphatic heterocycles. The number of hydrogen-bond donors (Lipinski definition) is 1. The minimum absolute atomic E-state index is 0.135. The van der Waals surface area contributed by atoms with Gasteiger partial charge in [-0.05, 0) is 24.8 Å². The van der Waals surface area contributed by atoms with Crippen LogP contribution in [0.3, 0.4) is 0 Å². The molecule has 96 valence electrons. The zero-order valence-electron chi connectivity index (χ0n) is 10.6. The third kappa shape index (κ3) is 7.10. The molecule has 0 amide bonds. The van der Waals surface area contributed by atoms with Crippen LogP contribution < -0.4 is 5.73 Å². The predicted octanol–water partition coefficient (Wildman–Crippen LogP) is 2.00. The van der Waals surface area contributed by atoms with Gasteiger partial charge in [0, 0.05) is 13.2 Å². The van der Waals surface area contributed by atoms with Crippen molar-refractivity contribution in [2.24, 2.45) is 5.73 Å². The van der Waals surface area contributed by atoms with Crippen molar-refractivity contribution in [2.45, 2.75) is 25.3 Å². The van der Waals surface area contributed by atoms with Crippen LogP contribution >= 0.6 is 0 Å². The fourth-order valence-electron chi connectivity index (χ4n) is 1.67. The lowest BCUT2D eigenvalue weighted by molar-refractivity contribution is 0.0624. The van der Waals surface area contributed by atoms with E-state index in [0.29, 0.717) is 19.8 Å². The molecule has 0 saturated heterocycles. The van der Waals surface area contributed by atoms with E-state index in [1.807, 2.05) is 6.07 Å². The highest BCUT2D eigenvalue weighted by atomic mass is 16.5. The van der Waals surface area contributed by atoms with Gasteiger partial charge in [0.15, 0.2) is 0 Å². The van der Waals surface area contributed by atoms with E-state index < -0.39 is 0 Å². The molecule has 0 spiro atoms. The zero-order valence-corrected chi connectivity index (χ0v) is 10.6. The minimum atomic E-state index is 0.135. The molecule has 0 aromatic heterocycles. The molecule has 3 heteroatoms. The van der Waals surface area contributed by atoms with E-state index in [9.17, 15) is 0 Å². The van der Waals surface area contributed by atoms with Crippen LogP contribution in [0.15, 0.2) is 30.3 Å². The number of nitrogens with two attached hydrogens (primary N) is 1. The summed E-state index contributed by atoms with van der Waals surface area (Å²) in [6, 6.07) is 10.6. The van der Waals surface area contributed by atoms with Crippen molar-refractivity contribution in [3.05, 3.63) is 35.9 Å². The molecule has 0 radical (unpaired) electrons. The van der Waals surface area contributed by atoms with Crippen LogP contribution in [0.2, 0.25) is 0 Å². The third-order valence-corrected chi connectivity index (χ3v) is 2.65. The van der Waals surface area contributed by atoms with Crippen LogP contribution in [-0.2, 0) is 15.9 Å². The van der Waals surface area contributed by atoms with Gasteiger partial charge in [-0.25, -0.2) is 0 Å². The largest absolute Gasteiger partial charge is 0.382 e. The fourth-order valence-corrected chi connectivity index (χ4v) is 1.67. The Labute approximate surface area is 104 Å². The lowest BCUT2D eigenvalue weighted by Gasteiger charge is -2.11. The molecule has 0 saturated carbocycles. The van der Waals surface area contributed by atoms with Crippen LogP contribution in [0.25, 0.3) is 0 Å². The molecule has 1 aromatic carbocycles. The third-order valence-electron chi connectivity index (χ3n) is 2.65. The number of rotatable bonds is 9. The summed E-state index contributed by atoms with van der Waals surface area (Å²) in [5, 5.41) is 0. The summed E-state index contributed by atoms with van der Waals surface area (Å²) in [5.74, 6) is 0. The van der Waals surface area contributed by atoms with Gasteiger partial charge in [0.05, 0.1) is 19.8 Å². The number of benzene rings is 1. The first-order valence-electron chi connectivity index (χ1n) is 6.19. The molecule has 1 rings (SSSR count). The van der Waals surface area contributed by atoms with Gasteiger partial charge >= 0.3 is 0 Å². The molecule has 17 heavy (non-hydrogen) atoms. The van der Waals surface area contributed by atoms with E-state index in [2.05, 4.69) is 24.3 Å². The SMILES string of the molecule is COCCOCC(N)CCCc1ccccc1.